The normalized spacial score (nSPS) is 22.1. The first-order valence-electron chi connectivity index (χ1n) is 10.2. The van der Waals surface area contributed by atoms with E-state index in [4.69, 9.17) is 14.2 Å². The van der Waals surface area contributed by atoms with Crippen LogP contribution in [0.2, 0.25) is 0 Å². The Balaban J connectivity index is 0.00000240. The fourth-order valence-corrected chi connectivity index (χ4v) is 4.07. The van der Waals surface area contributed by atoms with E-state index in [1.807, 2.05) is 12.1 Å². The summed E-state index contributed by atoms with van der Waals surface area (Å²) in [5, 5.41) is 3.52. The lowest BCUT2D eigenvalue weighted by Crippen LogP contribution is -2.45. The minimum absolute atomic E-state index is 0. The van der Waals surface area contributed by atoms with Crippen LogP contribution in [0, 0.1) is 0 Å². The molecule has 2 saturated heterocycles. The van der Waals surface area contributed by atoms with Gasteiger partial charge in [0, 0.05) is 38.3 Å². The summed E-state index contributed by atoms with van der Waals surface area (Å²) < 4.78 is 17.1. The SMILES string of the molecule is COc1ccccc1C1CNCCN1Cc1ccc(OCC2CCCO2)cc1.Cl. The summed E-state index contributed by atoms with van der Waals surface area (Å²) in [6.45, 7) is 5.38. The van der Waals surface area contributed by atoms with Crippen molar-refractivity contribution in [3.05, 3.63) is 59.7 Å². The lowest BCUT2D eigenvalue weighted by molar-refractivity contribution is 0.0679. The molecule has 2 aliphatic heterocycles. The number of rotatable bonds is 7. The third-order valence-corrected chi connectivity index (χ3v) is 5.62. The Labute approximate surface area is 179 Å². The highest BCUT2D eigenvalue weighted by Gasteiger charge is 2.26. The van der Waals surface area contributed by atoms with Crippen LogP contribution in [0.1, 0.15) is 30.0 Å². The zero-order valence-corrected chi connectivity index (χ0v) is 17.8. The number of ether oxygens (including phenoxy) is 3. The quantitative estimate of drug-likeness (QED) is 0.740. The van der Waals surface area contributed by atoms with Crippen LogP contribution in [0.25, 0.3) is 0 Å². The Morgan fingerprint density at radius 2 is 1.97 bits per heavy atom. The van der Waals surface area contributed by atoms with Crippen LogP contribution in [-0.4, -0.2) is 51.0 Å². The molecule has 0 radical (unpaired) electrons. The van der Waals surface area contributed by atoms with Gasteiger partial charge in [0.1, 0.15) is 18.1 Å². The van der Waals surface area contributed by atoms with Gasteiger partial charge in [-0.1, -0.05) is 30.3 Å². The summed E-state index contributed by atoms with van der Waals surface area (Å²) in [4.78, 5) is 2.52. The summed E-state index contributed by atoms with van der Waals surface area (Å²) in [5.74, 6) is 1.87. The molecule has 1 N–H and O–H groups in total. The second-order valence-electron chi connectivity index (χ2n) is 7.52. The first-order valence-corrected chi connectivity index (χ1v) is 10.2. The van der Waals surface area contributed by atoms with Crippen LogP contribution in [0.15, 0.2) is 48.5 Å². The lowest BCUT2D eigenvalue weighted by Gasteiger charge is -2.37. The molecule has 2 unspecified atom stereocenters. The predicted octanol–water partition coefficient (Wildman–Crippen LogP) is 3.82. The summed E-state index contributed by atoms with van der Waals surface area (Å²) in [5.41, 5.74) is 2.54. The molecule has 0 saturated carbocycles. The topological polar surface area (TPSA) is 43.0 Å². The molecule has 0 aromatic heterocycles. The number of para-hydroxylation sites is 1. The molecule has 5 nitrogen and oxygen atoms in total. The molecule has 29 heavy (non-hydrogen) atoms. The van der Waals surface area contributed by atoms with Crippen LogP contribution in [0.3, 0.4) is 0 Å². The van der Waals surface area contributed by atoms with E-state index in [1.54, 1.807) is 7.11 Å². The van der Waals surface area contributed by atoms with Gasteiger partial charge < -0.3 is 19.5 Å². The van der Waals surface area contributed by atoms with Gasteiger partial charge in [0.05, 0.1) is 19.3 Å². The Hall–Kier alpha value is -1.79. The maximum atomic E-state index is 5.89. The number of halogens is 1. The van der Waals surface area contributed by atoms with E-state index in [0.717, 1.165) is 57.1 Å². The van der Waals surface area contributed by atoms with Crippen molar-refractivity contribution in [1.82, 2.24) is 10.2 Å². The molecular formula is C23H31ClN2O3. The number of hydrogen-bond donors (Lipinski definition) is 1. The number of piperazine rings is 1. The smallest absolute Gasteiger partial charge is 0.123 e. The van der Waals surface area contributed by atoms with E-state index in [9.17, 15) is 0 Å². The van der Waals surface area contributed by atoms with Crippen molar-refractivity contribution < 1.29 is 14.2 Å². The van der Waals surface area contributed by atoms with Crippen molar-refractivity contribution >= 4 is 12.4 Å². The second-order valence-corrected chi connectivity index (χ2v) is 7.52. The van der Waals surface area contributed by atoms with Gasteiger partial charge in [-0.2, -0.15) is 0 Å². The Bertz CT molecular complexity index is 750. The molecule has 2 aliphatic rings. The van der Waals surface area contributed by atoms with E-state index in [1.165, 1.54) is 11.1 Å². The number of hydrogen-bond acceptors (Lipinski definition) is 5. The molecular weight excluding hydrogens is 388 g/mol. The highest BCUT2D eigenvalue weighted by molar-refractivity contribution is 5.85. The van der Waals surface area contributed by atoms with Crippen molar-refractivity contribution in [2.45, 2.75) is 31.5 Å². The van der Waals surface area contributed by atoms with E-state index < -0.39 is 0 Å². The van der Waals surface area contributed by atoms with Crippen LogP contribution in [-0.2, 0) is 11.3 Å². The number of benzene rings is 2. The maximum absolute atomic E-state index is 5.89. The number of nitrogens with zero attached hydrogens (tertiary/aromatic N) is 1. The minimum atomic E-state index is 0. The highest BCUT2D eigenvalue weighted by atomic mass is 35.5. The average Bonchev–Trinajstić information content (AvgIpc) is 3.27. The maximum Gasteiger partial charge on any atom is 0.123 e. The predicted molar refractivity (Wildman–Crippen MR) is 117 cm³/mol. The molecule has 158 valence electrons. The molecule has 0 aliphatic carbocycles. The summed E-state index contributed by atoms with van der Waals surface area (Å²) in [7, 11) is 1.74. The Morgan fingerprint density at radius 3 is 2.72 bits per heavy atom. The first-order chi connectivity index (χ1) is 13.8. The molecule has 4 rings (SSSR count). The number of methoxy groups -OCH3 is 1. The third-order valence-electron chi connectivity index (χ3n) is 5.62. The Morgan fingerprint density at radius 1 is 1.14 bits per heavy atom. The molecule has 2 heterocycles. The summed E-state index contributed by atoms with van der Waals surface area (Å²) in [6, 6.07) is 17.1. The molecule has 0 spiro atoms. The van der Waals surface area contributed by atoms with E-state index in [-0.39, 0.29) is 18.5 Å². The monoisotopic (exact) mass is 418 g/mol. The largest absolute Gasteiger partial charge is 0.496 e. The molecule has 2 atom stereocenters. The van der Waals surface area contributed by atoms with Gasteiger partial charge in [-0.3, -0.25) is 4.90 Å². The molecule has 2 aromatic rings. The fraction of sp³-hybridized carbons (Fsp3) is 0.478. The van der Waals surface area contributed by atoms with Crippen molar-refractivity contribution in [3.8, 4) is 11.5 Å². The van der Waals surface area contributed by atoms with E-state index >= 15 is 0 Å². The molecule has 0 bridgehead atoms. The molecule has 6 heteroatoms. The Kier molecular flexibility index (Phi) is 8.19. The van der Waals surface area contributed by atoms with Gasteiger partial charge in [-0.05, 0) is 36.6 Å². The molecule has 2 fully saturated rings. The van der Waals surface area contributed by atoms with Gasteiger partial charge in [0.2, 0.25) is 0 Å². The lowest BCUT2D eigenvalue weighted by atomic mass is 10.0. The third kappa shape index (κ3) is 5.64. The zero-order chi connectivity index (χ0) is 19.2. The first kappa shape index (κ1) is 21.9. The van der Waals surface area contributed by atoms with Gasteiger partial charge in [-0.15, -0.1) is 12.4 Å². The van der Waals surface area contributed by atoms with Gasteiger partial charge in [0.25, 0.3) is 0 Å². The minimum Gasteiger partial charge on any atom is -0.496 e. The van der Waals surface area contributed by atoms with Crippen LogP contribution >= 0.6 is 12.4 Å². The second kappa shape index (κ2) is 10.8. The van der Waals surface area contributed by atoms with E-state index in [0.29, 0.717) is 12.6 Å². The summed E-state index contributed by atoms with van der Waals surface area (Å²) >= 11 is 0. The van der Waals surface area contributed by atoms with Crippen LogP contribution in [0.5, 0.6) is 11.5 Å². The zero-order valence-electron chi connectivity index (χ0n) is 17.0. The summed E-state index contributed by atoms with van der Waals surface area (Å²) in [6.07, 6.45) is 2.50. The number of nitrogens with one attached hydrogen (secondary N) is 1. The molecule has 0 amide bonds. The van der Waals surface area contributed by atoms with Crippen molar-refractivity contribution in [1.29, 1.82) is 0 Å². The standard InChI is InChI=1S/C23H30N2O3.ClH/c1-26-23-7-3-2-6-21(23)22-15-24-12-13-25(22)16-18-8-10-19(11-9-18)28-17-20-5-4-14-27-20;/h2-3,6-11,20,22,24H,4-5,12-17H2,1H3;1H. The van der Waals surface area contributed by atoms with Crippen molar-refractivity contribution in [2.75, 3.05) is 40.0 Å². The molecule has 2 aromatic carbocycles. The van der Waals surface area contributed by atoms with Gasteiger partial charge in [-0.25, -0.2) is 0 Å². The van der Waals surface area contributed by atoms with Crippen LogP contribution < -0.4 is 14.8 Å². The van der Waals surface area contributed by atoms with E-state index in [2.05, 4.69) is 46.6 Å². The van der Waals surface area contributed by atoms with Crippen LogP contribution in [0.4, 0.5) is 0 Å². The highest BCUT2D eigenvalue weighted by Crippen LogP contribution is 2.31. The fourth-order valence-electron chi connectivity index (χ4n) is 4.07. The van der Waals surface area contributed by atoms with Gasteiger partial charge in [0.15, 0.2) is 0 Å². The van der Waals surface area contributed by atoms with Crippen molar-refractivity contribution in [2.24, 2.45) is 0 Å². The van der Waals surface area contributed by atoms with Crippen molar-refractivity contribution in [3.63, 3.8) is 0 Å². The average molecular weight is 419 g/mol. The van der Waals surface area contributed by atoms with Gasteiger partial charge >= 0.3 is 0 Å².